The van der Waals surface area contributed by atoms with E-state index in [2.05, 4.69) is 42.2 Å². The number of fused-ring (bicyclic) bond motifs is 6. The number of hydrogen-bond acceptors (Lipinski definition) is 14. The molecular formula is C18H20FN9O9P2S2. The first-order valence-corrected chi connectivity index (χ1v) is 16.9. The average Bonchev–Trinajstić information content (AvgIpc) is 3.56. The van der Waals surface area contributed by atoms with Gasteiger partial charge in [-0.2, -0.15) is 4.98 Å². The summed E-state index contributed by atoms with van der Waals surface area (Å²) in [6.45, 7) is -9.66. The lowest BCUT2D eigenvalue weighted by Gasteiger charge is -2.24. The molecule has 4 aromatic heterocycles. The average molecular weight is 651 g/mol. The van der Waals surface area contributed by atoms with Crippen molar-refractivity contribution in [3.8, 4) is 0 Å². The van der Waals surface area contributed by atoms with Gasteiger partial charge in [-0.25, -0.2) is 23.9 Å². The number of thiol groups is 1. The number of hydrogen-bond donors (Lipinski definition) is 5. The summed E-state index contributed by atoms with van der Waals surface area (Å²) in [7, 11) is 0. The molecular weight excluding hydrogens is 631 g/mol. The zero-order valence-corrected chi connectivity index (χ0v) is 23.9. The lowest BCUT2D eigenvalue weighted by atomic mass is 10.1. The maximum Gasteiger partial charge on any atom is 0.387 e. The van der Waals surface area contributed by atoms with Crippen LogP contribution in [0.3, 0.4) is 0 Å². The third kappa shape index (κ3) is 5.50. The Hall–Kier alpha value is -2.58. The Labute approximate surface area is 237 Å². The van der Waals surface area contributed by atoms with Crippen molar-refractivity contribution in [2.24, 2.45) is 0 Å². The molecule has 18 nitrogen and oxygen atoms in total. The number of anilines is 1. The normalized spacial score (nSPS) is 31.6. The SMILES string of the molecule is Nc1nc2c(ncn2[C@@H]2O[C@@H]3COP(O)(=S)OCCn4c(nc5c(=O)[nH]cnc54)COP(=O)(S)O[C@@H]2[C@H]3F)c(=O)[nH]1. The summed E-state index contributed by atoms with van der Waals surface area (Å²) in [4.78, 5) is 56.1. The van der Waals surface area contributed by atoms with E-state index in [1.54, 1.807) is 0 Å². The van der Waals surface area contributed by atoms with Crippen molar-refractivity contribution in [3.05, 3.63) is 39.2 Å². The second-order valence-electron chi connectivity index (χ2n) is 8.78. The van der Waals surface area contributed by atoms with Gasteiger partial charge in [0.15, 0.2) is 34.7 Å². The summed E-state index contributed by atoms with van der Waals surface area (Å²) in [5.74, 6) is -0.176. The monoisotopic (exact) mass is 651 g/mol. The number of aromatic nitrogens is 8. The van der Waals surface area contributed by atoms with E-state index >= 15 is 4.39 Å². The summed E-state index contributed by atoms with van der Waals surface area (Å²) >= 11 is 9.07. The van der Waals surface area contributed by atoms with Crippen molar-refractivity contribution in [2.45, 2.75) is 37.8 Å². The standard InChI is InChI=1S/C18H20FN9O9P2S2/c19-9-7-3-34-38(31,40)33-2-1-27-8(24-11-13(27)21-5-22-15(11)29)4-35-39(32,41)37-12(9)17(36-7)28-6-23-10-14(28)25-18(20)26-16(10)30/h5-7,9,12,17H,1-4H2,(H,31,40)(H,32,41)(H,21,22,29)(H3,20,25,26,30)/t7-,9+,12-,17-,38?,39?/m1/s1. The highest BCUT2D eigenvalue weighted by Crippen LogP contribution is 2.57. The van der Waals surface area contributed by atoms with Gasteiger partial charge in [0, 0.05) is 6.54 Å². The minimum absolute atomic E-state index is 0.0228. The number of nitrogens with zero attached hydrogens (tertiary/aromatic N) is 6. The van der Waals surface area contributed by atoms with Crippen molar-refractivity contribution in [1.29, 1.82) is 0 Å². The van der Waals surface area contributed by atoms with Crippen molar-refractivity contribution in [2.75, 3.05) is 18.9 Å². The number of rotatable bonds is 1. The van der Waals surface area contributed by atoms with Gasteiger partial charge in [0.2, 0.25) is 5.95 Å². The molecule has 0 aromatic carbocycles. The van der Waals surface area contributed by atoms with E-state index in [-0.39, 0.29) is 47.3 Å². The molecule has 0 spiro atoms. The van der Waals surface area contributed by atoms with Crippen LogP contribution >= 0.6 is 25.8 Å². The molecule has 2 bridgehead atoms. The number of nitrogens with one attached hydrogen (secondary N) is 2. The van der Waals surface area contributed by atoms with Gasteiger partial charge in [-0.1, -0.05) is 12.2 Å². The van der Waals surface area contributed by atoms with E-state index in [1.165, 1.54) is 4.57 Å². The van der Waals surface area contributed by atoms with Gasteiger partial charge in [-0.05, 0) is 11.8 Å². The molecule has 6 atom stereocenters. The van der Waals surface area contributed by atoms with Crippen LogP contribution in [0.1, 0.15) is 12.1 Å². The highest BCUT2D eigenvalue weighted by atomic mass is 32.7. The van der Waals surface area contributed by atoms with Crippen LogP contribution in [0.4, 0.5) is 10.3 Å². The van der Waals surface area contributed by atoms with Crippen LogP contribution in [-0.2, 0) is 52.4 Å². The van der Waals surface area contributed by atoms with Crippen LogP contribution in [0, 0.1) is 0 Å². The molecule has 0 amide bonds. The Balaban J connectivity index is 1.39. The van der Waals surface area contributed by atoms with E-state index in [0.29, 0.717) is 0 Å². The van der Waals surface area contributed by atoms with Crippen molar-refractivity contribution in [1.82, 2.24) is 39.0 Å². The maximum atomic E-state index is 15.8. The van der Waals surface area contributed by atoms with Crippen LogP contribution in [0.25, 0.3) is 22.3 Å². The molecule has 2 unspecified atom stereocenters. The summed E-state index contributed by atoms with van der Waals surface area (Å²) in [6.07, 6.45) is -4.28. The molecule has 2 aliphatic heterocycles. The molecule has 23 heteroatoms. The van der Waals surface area contributed by atoms with E-state index in [4.69, 9.17) is 40.4 Å². The van der Waals surface area contributed by atoms with Crippen LogP contribution in [0.5, 0.6) is 0 Å². The van der Waals surface area contributed by atoms with Gasteiger partial charge >= 0.3 is 13.5 Å². The van der Waals surface area contributed by atoms with Crippen LogP contribution in [0.15, 0.2) is 22.2 Å². The van der Waals surface area contributed by atoms with E-state index in [9.17, 15) is 19.0 Å². The fourth-order valence-corrected chi connectivity index (χ4v) is 6.90. The largest absolute Gasteiger partial charge is 0.387 e. The second kappa shape index (κ2) is 10.6. The molecule has 2 aliphatic rings. The molecule has 0 aliphatic carbocycles. The highest BCUT2D eigenvalue weighted by molar-refractivity contribution is 8.44. The van der Waals surface area contributed by atoms with E-state index in [1.807, 2.05) is 0 Å². The van der Waals surface area contributed by atoms with Gasteiger partial charge in [-0.15, -0.1) is 0 Å². The number of nitrogens with two attached hydrogens (primary N) is 1. The summed E-state index contributed by atoms with van der Waals surface area (Å²) < 4.78 is 59.2. The first-order valence-electron chi connectivity index (χ1n) is 11.6. The number of nitrogen functional groups attached to an aromatic ring is 1. The quantitative estimate of drug-likeness (QED) is 0.137. The molecule has 0 radical (unpaired) electrons. The molecule has 4 aromatic rings. The smallest absolute Gasteiger partial charge is 0.369 e. The molecule has 220 valence electrons. The van der Waals surface area contributed by atoms with Gasteiger partial charge < -0.3 is 34.0 Å². The molecule has 6 rings (SSSR count). The Morgan fingerprint density at radius 2 is 1.98 bits per heavy atom. The van der Waals surface area contributed by atoms with Gasteiger partial charge in [0.05, 0.1) is 25.9 Å². The number of aromatic amines is 2. The molecule has 6 heterocycles. The number of imidazole rings is 2. The fraction of sp³-hybridized carbons (Fsp3) is 0.444. The third-order valence-electron chi connectivity index (χ3n) is 6.19. The molecule has 1 saturated heterocycles. The van der Waals surface area contributed by atoms with Crippen molar-refractivity contribution >= 4 is 65.8 Å². The predicted octanol–water partition coefficient (Wildman–Crippen LogP) is 0.274. The topological polar surface area (TPSA) is 237 Å². The van der Waals surface area contributed by atoms with E-state index in [0.717, 1.165) is 17.2 Å². The third-order valence-corrected chi connectivity index (χ3v) is 9.40. The van der Waals surface area contributed by atoms with Gasteiger partial charge in [0.25, 0.3) is 11.1 Å². The van der Waals surface area contributed by atoms with Crippen LogP contribution < -0.4 is 16.9 Å². The van der Waals surface area contributed by atoms with Crippen molar-refractivity contribution in [3.63, 3.8) is 0 Å². The van der Waals surface area contributed by atoms with E-state index < -0.39 is 62.5 Å². The number of H-pyrrole nitrogens is 2. The molecule has 1 fully saturated rings. The Bertz CT molecular complexity index is 1860. The molecule has 41 heavy (non-hydrogen) atoms. The minimum Gasteiger partial charge on any atom is -0.369 e. The van der Waals surface area contributed by atoms with Crippen molar-refractivity contribution < 1.29 is 36.7 Å². The second-order valence-corrected chi connectivity index (χ2v) is 14.5. The fourth-order valence-electron chi connectivity index (χ4n) is 4.41. The van der Waals surface area contributed by atoms with Crippen LogP contribution in [-0.4, -0.2) is 75.5 Å². The Morgan fingerprint density at radius 1 is 1.17 bits per heavy atom. The van der Waals surface area contributed by atoms with Crippen LogP contribution in [0.2, 0.25) is 0 Å². The number of ether oxygens (including phenoxy) is 1. The maximum absolute atomic E-state index is 15.8. The zero-order chi connectivity index (χ0) is 29.1. The molecule has 5 N–H and O–H groups in total. The number of alkyl halides is 1. The minimum atomic E-state index is -4.38. The van der Waals surface area contributed by atoms with Gasteiger partial charge in [-0.3, -0.25) is 28.2 Å². The Morgan fingerprint density at radius 3 is 2.78 bits per heavy atom. The first kappa shape index (κ1) is 28.5. The summed E-state index contributed by atoms with van der Waals surface area (Å²) in [5.41, 5.74) is 4.34. The number of halogens is 1. The van der Waals surface area contributed by atoms with Gasteiger partial charge in [0.1, 0.15) is 24.6 Å². The molecule has 0 saturated carbocycles. The summed E-state index contributed by atoms with van der Waals surface area (Å²) in [5, 5.41) is 0. The first-order chi connectivity index (χ1) is 19.4. The lowest BCUT2D eigenvalue weighted by Crippen LogP contribution is -2.32. The summed E-state index contributed by atoms with van der Waals surface area (Å²) in [6, 6.07) is 0. The highest BCUT2D eigenvalue weighted by Gasteiger charge is 2.51. The predicted molar refractivity (Wildman–Crippen MR) is 144 cm³/mol. The lowest BCUT2D eigenvalue weighted by molar-refractivity contribution is -0.0453. The Kier molecular flexibility index (Phi) is 7.38. The zero-order valence-electron chi connectivity index (χ0n) is 20.4.